The quantitative estimate of drug-likeness (QED) is 0.494. The number of hydrogen-bond acceptors (Lipinski definition) is 7. The fourth-order valence-electron chi connectivity index (χ4n) is 2.19. The Bertz CT molecular complexity index is 852. The molecule has 0 bridgehead atoms. The van der Waals surface area contributed by atoms with Crippen molar-refractivity contribution in [2.45, 2.75) is 6.10 Å². The number of rotatable bonds is 4. The molecule has 0 saturated heterocycles. The molecule has 0 spiro atoms. The van der Waals surface area contributed by atoms with E-state index in [-0.39, 0.29) is 12.2 Å². The fourth-order valence-corrected chi connectivity index (χ4v) is 2.19. The predicted octanol–water partition coefficient (Wildman–Crippen LogP) is 1.59. The zero-order valence-electron chi connectivity index (χ0n) is 12.8. The van der Waals surface area contributed by atoms with Gasteiger partial charge in [-0.15, -0.1) is 0 Å². The molecule has 0 radical (unpaired) electrons. The molecule has 1 aliphatic heterocycles. The monoisotopic (exact) mass is 343 g/mol. The average molecular weight is 343 g/mol. The minimum atomic E-state index is -0.884. The van der Waals surface area contributed by atoms with E-state index in [1.54, 1.807) is 24.3 Å². The third-order valence-electron chi connectivity index (χ3n) is 3.42. The number of nitrogens with one attached hydrogen (secondary N) is 1. The van der Waals surface area contributed by atoms with Crippen LogP contribution < -0.4 is 14.9 Å². The van der Waals surface area contributed by atoms with E-state index in [1.165, 1.54) is 12.1 Å². The highest BCUT2D eigenvalue weighted by Crippen LogP contribution is 2.31. The average Bonchev–Trinajstić information content (AvgIpc) is 2.62. The number of carbonyl (C=O) groups excluding carboxylic acids is 1. The Morgan fingerprint density at radius 1 is 1.28 bits per heavy atom. The number of phenolic OH excluding ortho intramolecular Hbond substituents is 1. The second-order valence-electron chi connectivity index (χ2n) is 5.07. The van der Waals surface area contributed by atoms with E-state index in [0.717, 1.165) is 12.3 Å². The lowest BCUT2D eigenvalue weighted by Crippen LogP contribution is -2.42. The van der Waals surface area contributed by atoms with E-state index in [4.69, 9.17) is 9.47 Å². The van der Waals surface area contributed by atoms with Crippen LogP contribution in [0.4, 0.5) is 5.69 Å². The van der Waals surface area contributed by atoms with E-state index >= 15 is 0 Å². The molecule has 1 unspecified atom stereocenters. The Morgan fingerprint density at radius 3 is 2.80 bits per heavy atom. The van der Waals surface area contributed by atoms with Crippen molar-refractivity contribution in [1.29, 1.82) is 0 Å². The number of amides is 1. The molecule has 0 aromatic heterocycles. The highest BCUT2D eigenvalue weighted by Gasteiger charge is 2.27. The minimum Gasteiger partial charge on any atom is -0.502 e. The predicted molar refractivity (Wildman–Crippen MR) is 86.9 cm³/mol. The summed E-state index contributed by atoms with van der Waals surface area (Å²) in [7, 11) is 0. The summed E-state index contributed by atoms with van der Waals surface area (Å²) in [4.78, 5) is 22.1. The number of carbonyl (C=O) groups is 1. The number of fused-ring (bicyclic) bond motifs is 1. The highest BCUT2D eigenvalue weighted by molar-refractivity contribution is 5.87. The van der Waals surface area contributed by atoms with E-state index in [0.29, 0.717) is 11.5 Å². The number of ether oxygens (including phenoxy) is 2. The van der Waals surface area contributed by atoms with E-state index in [9.17, 15) is 20.0 Å². The van der Waals surface area contributed by atoms with Crippen LogP contribution in [0.25, 0.3) is 0 Å². The molecule has 1 heterocycles. The summed E-state index contributed by atoms with van der Waals surface area (Å²) in [6, 6.07) is 10.9. The molecule has 1 aliphatic rings. The van der Waals surface area contributed by atoms with Gasteiger partial charge in [0.1, 0.15) is 6.61 Å². The molecule has 25 heavy (non-hydrogen) atoms. The van der Waals surface area contributed by atoms with Crippen LogP contribution >= 0.6 is 0 Å². The third kappa shape index (κ3) is 3.50. The van der Waals surface area contributed by atoms with Gasteiger partial charge in [-0.05, 0) is 18.2 Å². The maximum Gasteiger partial charge on any atom is 0.311 e. The number of nitro groups is 1. The van der Waals surface area contributed by atoms with Crippen molar-refractivity contribution in [3.63, 3.8) is 0 Å². The third-order valence-corrected chi connectivity index (χ3v) is 3.42. The maximum atomic E-state index is 12.1. The Balaban J connectivity index is 1.64. The lowest BCUT2D eigenvalue weighted by atomic mass is 10.2. The number of para-hydroxylation sites is 3. The molecule has 9 nitrogen and oxygen atoms in total. The molecule has 2 aromatic rings. The summed E-state index contributed by atoms with van der Waals surface area (Å²) in [5, 5.41) is 24.2. The second-order valence-corrected chi connectivity index (χ2v) is 5.07. The molecule has 2 N–H and O–H groups in total. The normalized spacial score (nSPS) is 15.8. The summed E-state index contributed by atoms with van der Waals surface area (Å²) < 4.78 is 11.0. The molecular weight excluding hydrogens is 330 g/mol. The van der Waals surface area contributed by atoms with E-state index in [2.05, 4.69) is 10.5 Å². The number of aromatic hydroxyl groups is 1. The van der Waals surface area contributed by atoms with Crippen LogP contribution in [0.2, 0.25) is 0 Å². The van der Waals surface area contributed by atoms with Crippen molar-refractivity contribution in [2.75, 3.05) is 6.61 Å². The molecule has 128 valence electrons. The zero-order chi connectivity index (χ0) is 17.8. The number of hydrogen-bond donors (Lipinski definition) is 2. The van der Waals surface area contributed by atoms with Gasteiger partial charge >= 0.3 is 5.69 Å². The van der Waals surface area contributed by atoms with Crippen molar-refractivity contribution in [2.24, 2.45) is 5.10 Å². The summed E-state index contributed by atoms with van der Waals surface area (Å²) in [6.07, 6.45) is 0.225. The summed E-state index contributed by atoms with van der Waals surface area (Å²) in [5.41, 5.74) is 1.90. The van der Waals surface area contributed by atoms with Gasteiger partial charge in [-0.3, -0.25) is 14.9 Å². The van der Waals surface area contributed by atoms with Gasteiger partial charge in [0.2, 0.25) is 11.9 Å². The second kappa shape index (κ2) is 6.87. The molecule has 1 atom stereocenters. The summed E-state index contributed by atoms with van der Waals surface area (Å²) in [5.74, 6) is -0.0712. The number of hydrazone groups is 1. The van der Waals surface area contributed by atoms with Gasteiger partial charge in [0, 0.05) is 11.6 Å². The molecule has 0 aliphatic carbocycles. The highest BCUT2D eigenvalue weighted by atomic mass is 16.6. The van der Waals surface area contributed by atoms with E-state index in [1.807, 2.05) is 0 Å². The summed E-state index contributed by atoms with van der Waals surface area (Å²) in [6.45, 7) is 0.0282. The van der Waals surface area contributed by atoms with Crippen LogP contribution in [-0.4, -0.2) is 34.9 Å². The van der Waals surface area contributed by atoms with Crippen molar-refractivity contribution in [1.82, 2.24) is 5.43 Å². The first kappa shape index (κ1) is 16.2. The largest absolute Gasteiger partial charge is 0.502 e. The lowest BCUT2D eigenvalue weighted by Gasteiger charge is -2.24. The Hall–Kier alpha value is -3.62. The van der Waals surface area contributed by atoms with Gasteiger partial charge in [-0.25, -0.2) is 5.43 Å². The molecule has 0 saturated carbocycles. The fraction of sp³-hybridized carbons (Fsp3) is 0.125. The topological polar surface area (TPSA) is 123 Å². The van der Waals surface area contributed by atoms with Crippen LogP contribution in [0.15, 0.2) is 47.6 Å². The van der Waals surface area contributed by atoms with Crippen LogP contribution in [-0.2, 0) is 4.79 Å². The first-order valence-electron chi connectivity index (χ1n) is 7.24. The molecule has 9 heteroatoms. The first-order valence-corrected chi connectivity index (χ1v) is 7.24. The SMILES string of the molecule is O=C(N/N=C/c1cccc([N+](=O)[O-])c1O)C1COc2ccccc2O1. The van der Waals surface area contributed by atoms with E-state index < -0.39 is 28.4 Å². The molecule has 1 amide bonds. The maximum absolute atomic E-state index is 12.1. The van der Waals surface area contributed by atoms with Gasteiger partial charge in [-0.2, -0.15) is 5.10 Å². The van der Waals surface area contributed by atoms with Gasteiger partial charge < -0.3 is 14.6 Å². The van der Waals surface area contributed by atoms with Crippen LogP contribution in [0.1, 0.15) is 5.56 Å². The molecule has 3 rings (SSSR count). The van der Waals surface area contributed by atoms with Crippen LogP contribution in [0, 0.1) is 10.1 Å². The van der Waals surface area contributed by atoms with Gasteiger partial charge in [-0.1, -0.05) is 18.2 Å². The van der Waals surface area contributed by atoms with Crippen LogP contribution in [0.3, 0.4) is 0 Å². The molecular formula is C16H13N3O6. The van der Waals surface area contributed by atoms with Crippen molar-refractivity contribution < 1.29 is 24.3 Å². The van der Waals surface area contributed by atoms with Crippen molar-refractivity contribution >= 4 is 17.8 Å². The number of benzene rings is 2. The smallest absolute Gasteiger partial charge is 0.311 e. The standard InChI is InChI=1S/C16H13N3O6/c20-15-10(4-3-5-11(15)19(22)23)8-17-18-16(21)14-9-24-12-6-1-2-7-13(12)25-14/h1-8,14,20H,9H2,(H,18,21)/b17-8+. The first-order chi connectivity index (χ1) is 12.1. The van der Waals surface area contributed by atoms with Crippen molar-refractivity contribution in [3.8, 4) is 17.2 Å². The molecule has 0 fully saturated rings. The van der Waals surface area contributed by atoms with Crippen molar-refractivity contribution in [3.05, 3.63) is 58.1 Å². The Labute approximate surface area is 141 Å². The van der Waals surface area contributed by atoms with Gasteiger partial charge in [0.15, 0.2) is 11.5 Å². The summed E-state index contributed by atoms with van der Waals surface area (Å²) >= 11 is 0. The number of nitrogens with zero attached hydrogens (tertiary/aromatic N) is 2. The molecule has 2 aromatic carbocycles. The Kier molecular flexibility index (Phi) is 4.46. The zero-order valence-corrected chi connectivity index (χ0v) is 12.8. The lowest BCUT2D eigenvalue weighted by molar-refractivity contribution is -0.385. The number of nitro benzene ring substituents is 1. The Morgan fingerprint density at radius 2 is 2.04 bits per heavy atom. The van der Waals surface area contributed by atoms with Crippen LogP contribution in [0.5, 0.6) is 17.2 Å². The van der Waals surface area contributed by atoms with Gasteiger partial charge in [0.25, 0.3) is 5.91 Å². The van der Waals surface area contributed by atoms with Gasteiger partial charge in [0.05, 0.1) is 11.1 Å². The minimum absolute atomic E-state index is 0.0282. The number of phenols is 1.